The molecule has 0 radical (unpaired) electrons. The molecule has 0 fully saturated rings. The topological polar surface area (TPSA) is 107 Å². The second kappa shape index (κ2) is 8.03. The zero-order valence-corrected chi connectivity index (χ0v) is 8.86. The molecule has 0 aromatic rings. The maximum absolute atomic E-state index is 11.3. The first-order valence-corrected chi connectivity index (χ1v) is 4.59. The third-order valence-corrected chi connectivity index (χ3v) is 2.03. The summed E-state index contributed by atoms with van der Waals surface area (Å²) in [5, 5.41) is 29.0. The van der Waals surface area contributed by atoms with Crippen molar-refractivity contribution in [1.82, 2.24) is 5.32 Å². The van der Waals surface area contributed by atoms with Crippen molar-refractivity contribution >= 4 is 41.4 Å². The van der Waals surface area contributed by atoms with E-state index in [1.54, 1.807) is 0 Å². The van der Waals surface area contributed by atoms with Crippen LogP contribution in [0.5, 0.6) is 0 Å². The van der Waals surface area contributed by atoms with Crippen LogP contribution in [0.1, 0.15) is 20.3 Å². The van der Waals surface area contributed by atoms with E-state index >= 15 is 0 Å². The number of aliphatic carboxylic acids is 1. The number of amides is 1. The summed E-state index contributed by atoms with van der Waals surface area (Å²) in [5.41, 5.74) is -0.937. The van der Waals surface area contributed by atoms with Crippen LogP contribution in [0.15, 0.2) is 0 Å². The van der Waals surface area contributed by atoms with E-state index in [1.807, 2.05) is 0 Å². The molecular formula is C9H18NNaO5. The molecule has 0 aliphatic carbocycles. The number of aliphatic hydroxyl groups excluding tert-OH is 2. The first kappa shape index (κ1) is 18.2. The van der Waals surface area contributed by atoms with Crippen molar-refractivity contribution < 1.29 is 24.9 Å². The fourth-order valence-electron chi connectivity index (χ4n) is 0.831. The number of nitrogens with one attached hydrogen (secondary N) is 1. The summed E-state index contributed by atoms with van der Waals surface area (Å²) in [6.45, 7) is 2.70. The molecule has 16 heavy (non-hydrogen) atoms. The predicted octanol–water partition coefficient (Wildman–Crippen LogP) is -1.69. The monoisotopic (exact) mass is 243 g/mol. The molecule has 0 spiro atoms. The van der Waals surface area contributed by atoms with Gasteiger partial charge in [-0.2, -0.15) is 0 Å². The van der Waals surface area contributed by atoms with Crippen molar-refractivity contribution in [2.45, 2.75) is 26.4 Å². The van der Waals surface area contributed by atoms with E-state index in [9.17, 15) is 14.7 Å². The van der Waals surface area contributed by atoms with E-state index in [0.717, 1.165) is 0 Å². The Morgan fingerprint density at radius 3 is 2.25 bits per heavy atom. The molecule has 7 heteroatoms. The van der Waals surface area contributed by atoms with E-state index in [-0.39, 0.29) is 49.1 Å². The van der Waals surface area contributed by atoms with Gasteiger partial charge < -0.3 is 20.6 Å². The number of hydrogen-bond acceptors (Lipinski definition) is 4. The van der Waals surface area contributed by atoms with Crippen LogP contribution in [0.25, 0.3) is 0 Å². The molecule has 0 heterocycles. The number of carbonyl (C=O) groups excluding carboxylic acids is 1. The molecule has 0 saturated carbocycles. The van der Waals surface area contributed by atoms with Crippen molar-refractivity contribution in [1.29, 1.82) is 0 Å². The predicted molar refractivity (Wildman–Crippen MR) is 59.3 cm³/mol. The number of hydrogen-bond donors (Lipinski definition) is 4. The van der Waals surface area contributed by atoms with Crippen LogP contribution >= 0.6 is 0 Å². The standard InChI is InChI=1S/C9H17NO5.Na.H/c1-9(2,5-11)7(14)8(15)10-4-3-6(12)13;;/h7,11,14H,3-5H2,1-2H3,(H,10,15)(H,12,13);;/t7-;;/m1../s1. The minimum atomic E-state index is -1.35. The molecule has 90 valence electrons. The van der Waals surface area contributed by atoms with E-state index in [1.165, 1.54) is 13.8 Å². The van der Waals surface area contributed by atoms with Gasteiger partial charge in [-0.05, 0) is 0 Å². The van der Waals surface area contributed by atoms with Gasteiger partial charge in [0.1, 0.15) is 6.10 Å². The van der Waals surface area contributed by atoms with Gasteiger partial charge in [-0.3, -0.25) is 9.59 Å². The van der Waals surface area contributed by atoms with Gasteiger partial charge >= 0.3 is 35.5 Å². The van der Waals surface area contributed by atoms with E-state index in [2.05, 4.69) is 5.32 Å². The number of carbonyl (C=O) groups is 2. The van der Waals surface area contributed by atoms with Gasteiger partial charge in [-0.15, -0.1) is 0 Å². The zero-order valence-electron chi connectivity index (χ0n) is 8.86. The summed E-state index contributed by atoms with van der Waals surface area (Å²) < 4.78 is 0. The van der Waals surface area contributed by atoms with Crippen molar-refractivity contribution in [3.63, 3.8) is 0 Å². The molecule has 0 aliphatic rings. The van der Waals surface area contributed by atoms with Gasteiger partial charge in [0.2, 0.25) is 5.91 Å². The van der Waals surface area contributed by atoms with E-state index in [4.69, 9.17) is 10.2 Å². The Kier molecular flexibility index (Phi) is 9.14. The van der Waals surface area contributed by atoms with Crippen LogP contribution < -0.4 is 5.32 Å². The second-order valence-electron chi connectivity index (χ2n) is 3.98. The molecule has 1 amide bonds. The number of carboxylic acids is 1. The van der Waals surface area contributed by atoms with Crippen molar-refractivity contribution in [3.8, 4) is 0 Å². The molecule has 0 aliphatic heterocycles. The zero-order chi connectivity index (χ0) is 12.1. The molecule has 0 aromatic carbocycles. The molecular weight excluding hydrogens is 225 g/mol. The first-order chi connectivity index (χ1) is 6.81. The van der Waals surface area contributed by atoms with Gasteiger partial charge in [0.15, 0.2) is 0 Å². The van der Waals surface area contributed by atoms with Crippen LogP contribution in [0, 0.1) is 5.41 Å². The molecule has 1 atom stereocenters. The summed E-state index contributed by atoms with van der Waals surface area (Å²) in [5.74, 6) is -1.69. The Balaban J connectivity index is 0. The van der Waals surface area contributed by atoms with Crippen LogP contribution in [0.2, 0.25) is 0 Å². The van der Waals surface area contributed by atoms with E-state index in [0.29, 0.717) is 0 Å². The normalized spacial score (nSPS) is 12.5. The fourth-order valence-corrected chi connectivity index (χ4v) is 0.831. The van der Waals surface area contributed by atoms with Gasteiger partial charge in [-0.1, -0.05) is 13.8 Å². The van der Waals surface area contributed by atoms with Crippen molar-refractivity contribution in [3.05, 3.63) is 0 Å². The van der Waals surface area contributed by atoms with Crippen LogP contribution in [0.4, 0.5) is 0 Å². The van der Waals surface area contributed by atoms with Gasteiger partial charge in [0, 0.05) is 12.0 Å². The Morgan fingerprint density at radius 1 is 1.38 bits per heavy atom. The molecule has 0 unspecified atom stereocenters. The molecule has 4 N–H and O–H groups in total. The summed E-state index contributed by atoms with van der Waals surface area (Å²) in [6, 6.07) is 0. The average Bonchev–Trinajstić information content (AvgIpc) is 2.15. The maximum atomic E-state index is 11.3. The molecule has 6 nitrogen and oxygen atoms in total. The van der Waals surface area contributed by atoms with Gasteiger partial charge in [0.25, 0.3) is 0 Å². The van der Waals surface area contributed by atoms with E-state index < -0.39 is 23.4 Å². The fraction of sp³-hybridized carbons (Fsp3) is 0.778. The Labute approximate surface area is 116 Å². The number of rotatable bonds is 6. The molecule has 0 bridgehead atoms. The summed E-state index contributed by atoms with van der Waals surface area (Å²) in [7, 11) is 0. The number of carboxylic acid groups (broad SMARTS) is 1. The summed E-state index contributed by atoms with van der Waals surface area (Å²) in [6.07, 6.45) is -1.55. The third kappa shape index (κ3) is 6.44. The van der Waals surface area contributed by atoms with Crippen LogP contribution in [-0.2, 0) is 9.59 Å². The van der Waals surface area contributed by atoms with Crippen LogP contribution in [0.3, 0.4) is 0 Å². The van der Waals surface area contributed by atoms with Crippen LogP contribution in [-0.4, -0.2) is 76.0 Å². The van der Waals surface area contributed by atoms with Crippen molar-refractivity contribution in [2.24, 2.45) is 5.41 Å². The summed E-state index contributed by atoms with van der Waals surface area (Å²) >= 11 is 0. The van der Waals surface area contributed by atoms with Crippen molar-refractivity contribution in [2.75, 3.05) is 13.2 Å². The summed E-state index contributed by atoms with van der Waals surface area (Å²) in [4.78, 5) is 21.4. The van der Waals surface area contributed by atoms with Gasteiger partial charge in [0.05, 0.1) is 13.0 Å². The quantitative estimate of drug-likeness (QED) is 0.416. The number of aliphatic hydroxyl groups is 2. The van der Waals surface area contributed by atoms with Gasteiger partial charge in [-0.25, -0.2) is 0 Å². The Hall–Kier alpha value is -0.140. The molecule has 0 aromatic heterocycles. The average molecular weight is 243 g/mol. The molecule has 0 rings (SSSR count). The minimum absolute atomic E-state index is 0. The Morgan fingerprint density at radius 2 is 1.88 bits per heavy atom. The Bertz CT molecular complexity index is 244. The SMILES string of the molecule is CC(C)(CO)[C@H](O)C(=O)NCCC(=O)O.[NaH]. The first-order valence-electron chi connectivity index (χ1n) is 4.59. The molecule has 0 saturated heterocycles. The second-order valence-corrected chi connectivity index (χ2v) is 3.98. The third-order valence-electron chi connectivity index (χ3n) is 2.03.